The van der Waals surface area contributed by atoms with Gasteiger partial charge in [0.1, 0.15) is 5.75 Å². The highest BCUT2D eigenvalue weighted by Crippen LogP contribution is 2.31. The van der Waals surface area contributed by atoms with Crippen molar-refractivity contribution >= 4 is 5.91 Å². The Morgan fingerprint density at radius 3 is 2.67 bits per heavy atom. The zero-order valence-electron chi connectivity index (χ0n) is 13.2. The number of nitrogens with two attached hydrogens (primary N) is 1. The highest BCUT2D eigenvalue weighted by Gasteiger charge is 2.36. The van der Waals surface area contributed by atoms with Crippen LogP contribution >= 0.6 is 0 Å². The quantitative estimate of drug-likeness (QED) is 0.839. The summed E-state index contributed by atoms with van der Waals surface area (Å²) in [4.78, 5) is 14.6. The number of amides is 1. The van der Waals surface area contributed by atoms with Crippen molar-refractivity contribution < 1.29 is 9.53 Å². The monoisotopic (exact) mass is 290 g/mol. The fourth-order valence-corrected chi connectivity index (χ4v) is 2.48. The number of para-hydroxylation sites is 1. The molecule has 0 radical (unpaired) electrons. The summed E-state index contributed by atoms with van der Waals surface area (Å²) in [6.07, 6.45) is 3.07. The van der Waals surface area contributed by atoms with E-state index in [2.05, 4.69) is 6.92 Å². The van der Waals surface area contributed by atoms with Gasteiger partial charge in [-0.3, -0.25) is 4.79 Å². The maximum Gasteiger partial charge on any atom is 0.240 e. The van der Waals surface area contributed by atoms with E-state index in [0.717, 1.165) is 30.6 Å². The third kappa shape index (κ3) is 3.76. The topological polar surface area (TPSA) is 55.6 Å². The molecule has 1 aromatic carbocycles. The predicted octanol–water partition coefficient (Wildman–Crippen LogP) is 2.56. The Morgan fingerprint density at radius 1 is 1.43 bits per heavy atom. The molecule has 0 aliphatic heterocycles. The Labute approximate surface area is 127 Å². The second kappa shape index (κ2) is 6.94. The highest BCUT2D eigenvalue weighted by atomic mass is 16.5. The maximum atomic E-state index is 12.7. The van der Waals surface area contributed by atoms with E-state index in [4.69, 9.17) is 10.5 Å². The number of rotatable bonds is 7. The van der Waals surface area contributed by atoms with Crippen molar-refractivity contribution in [3.63, 3.8) is 0 Å². The van der Waals surface area contributed by atoms with Crippen molar-refractivity contribution in [2.75, 3.05) is 7.11 Å². The van der Waals surface area contributed by atoms with Gasteiger partial charge in [0, 0.05) is 18.2 Å². The van der Waals surface area contributed by atoms with Crippen molar-refractivity contribution in [1.82, 2.24) is 4.90 Å². The van der Waals surface area contributed by atoms with Crippen molar-refractivity contribution in [1.29, 1.82) is 0 Å². The smallest absolute Gasteiger partial charge is 0.240 e. The summed E-state index contributed by atoms with van der Waals surface area (Å²) in [5.41, 5.74) is 7.18. The summed E-state index contributed by atoms with van der Waals surface area (Å²) in [6, 6.07) is 7.79. The van der Waals surface area contributed by atoms with Crippen LogP contribution in [0.3, 0.4) is 0 Å². The molecule has 2 N–H and O–H groups in total. The van der Waals surface area contributed by atoms with Gasteiger partial charge in [-0.1, -0.05) is 38.5 Å². The molecule has 2 atom stereocenters. The predicted molar refractivity (Wildman–Crippen MR) is 84.0 cm³/mol. The van der Waals surface area contributed by atoms with Crippen molar-refractivity contribution in [2.24, 2.45) is 11.7 Å². The van der Waals surface area contributed by atoms with E-state index >= 15 is 0 Å². The molecule has 0 spiro atoms. The number of nitrogens with zero attached hydrogens (tertiary/aromatic N) is 1. The lowest BCUT2D eigenvalue weighted by atomic mass is 9.98. The number of carbonyl (C=O) groups is 1. The average Bonchev–Trinajstić information content (AvgIpc) is 3.35. The molecule has 21 heavy (non-hydrogen) atoms. The van der Waals surface area contributed by atoms with Gasteiger partial charge in [-0.25, -0.2) is 0 Å². The minimum Gasteiger partial charge on any atom is -0.496 e. The minimum absolute atomic E-state index is 0.0674. The molecule has 1 fully saturated rings. The van der Waals surface area contributed by atoms with Crippen molar-refractivity contribution in [2.45, 2.75) is 51.7 Å². The third-order valence-corrected chi connectivity index (χ3v) is 4.35. The van der Waals surface area contributed by atoms with Gasteiger partial charge in [-0.15, -0.1) is 0 Å². The zero-order valence-corrected chi connectivity index (χ0v) is 13.2. The summed E-state index contributed by atoms with van der Waals surface area (Å²) in [6.45, 7) is 4.69. The van der Waals surface area contributed by atoms with Gasteiger partial charge >= 0.3 is 0 Å². The van der Waals surface area contributed by atoms with E-state index in [1.54, 1.807) is 7.11 Å². The fraction of sp³-hybridized carbons (Fsp3) is 0.588. The van der Waals surface area contributed by atoms with Crippen LogP contribution in [-0.4, -0.2) is 30.0 Å². The fourth-order valence-electron chi connectivity index (χ4n) is 2.48. The second-order valence-corrected chi connectivity index (χ2v) is 5.92. The van der Waals surface area contributed by atoms with Gasteiger partial charge in [0.2, 0.25) is 5.91 Å². The third-order valence-electron chi connectivity index (χ3n) is 4.35. The highest BCUT2D eigenvalue weighted by molar-refractivity contribution is 5.82. The Balaban J connectivity index is 2.14. The Hall–Kier alpha value is -1.55. The number of ether oxygens (including phenoxy) is 1. The Bertz CT molecular complexity index is 485. The molecular formula is C17H26N2O2. The minimum atomic E-state index is -0.412. The van der Waals surface area contributed by atoms with Crippen LogP contribution in [0.4, 0.5) is 0 Å². The molecule has 1 aliphatic rings. The summed E-state index contributed by atoms with van der Waals surface area (Å²) >= 11 is 0. The second-order valence-electron chi connectivity index (χ2n) is 5.92. The largest absolute Gasteiger partial charge is 0.496 e. The molecule has 0 aromatic heterocycles. The van der Waals surface area contributed by atoms with E-state index in [0.29, 0.717) is 12.6 Å². The summed E-state index contributed by atoms with van der Waals surface area (Å²) in [7, 11) is 1.66. The molecule has 1 amide bonds. The lowest BCUT2D eigenvalue weighted by Gasteiger charge is -2.28. The number of benzene rings is 1. The number of methoxy groups -OCH3 is 1. The van der Waals surface area contributed by atoms with Crippen LogP contribution in [0.2, 0.25) is 0 Å². The molecule has 4 nitrogen and oxygen atoms in total. The molecule has 116 valence electrons. The van der Waals surface area contributed by atoms with E-state index in [1.807, 2.05) is 36.1 Å². The van der Waals surface area contributed by atoms with Crippen LogP contribution in [0.5, 0.6) is 5.75 Å². The molecule has 1 saturated carbocycles. The van der Waals surface area contributed by atoms with E-state index < -0.39 is 6.04 Å². The maximum absolute atomic E-state index is 12.7. The Kier molecular flexibility index (Phi) is 5.23. The lowest BCUT2D eigenvalue weighted by molar-refractivity contribution is -0.135. The van der Waals surface area contributed by atoms with Crippen LogP contribution < -0.4 is 10.5 Å². The summed E-state index contributed by atoms with van der Waals surface area (Å²) in [5, 5.41) is 0. The lowest BCUT2D eigenvalue weighted by Crippen LogP contribution is -2.47. The first-order valence-corrected chi connectivity index (χ1v) is 7.76. The van der Waals surface area contributed by atoms with Crippen LogP contribution in [0.25, 0.3) is 0 Å². The number of hydrogen-bond donors (Lipinski definition) is 1. The van der Waals surface area contributed by atoms with Crippen LogP contribution in [0.1, 0.15) is 38.7 Å². The first-order valence-electron chi connectivity index (χ1n) is 7.76. The zero-order chi connectivity index (χ0) is 15.4. The van der Waals surface area contributed by atoms with Crippen molar-refractivity contribution in [3.8, 4) is 5.75 Å². The van der Waals surface area contributed by atoms with Gasteiger partial charge in [-0.2, -0.15) is 0 Å². The molecule has 1 aliphatic carbocycles. The SMILES string of the molecule is CCC(C)[C@H](N)C(=O)N(Cc1ccccc1OC)C1CC1. The molecule has 2 rings (SSSR count). The van der Waals surface area contributed by atoms with Crippen LogP contribution in [0.15, 0.2) is 24.3 Å². The molecule has 0 heterocycles. The normalized spacial score (nSPS) is 17.1. The van der Waals surface area contributed by atoms with Gasteiger partial charge in [0.05, 0.1) is 13.2 Å². The van der Waals surface area contributed by atoms with Gasteiger partial charge in [0.15, 0.2) is 0 Å². The molecule has 0 bridgehead atoms. The average molecular weight is 290 g/mol. The van der Waals surface area contributed by atoms with Crippen LogP contribution in [0, 0.1) is 5.92 Å². The van der Waals surface area contributed by atoms with E-state index in [-0.39, 0.29) is 11.8 Å². The molecule has 4 heteroatoms. The number of hydrogen-bond acceptors (Lipinski definition) is 3. The summed E-state index contributed by atoms with van der Waals surface area (Å²) < 4.78 is 5.39. The van der Waals surface area contributed by atoms with E-state index in [9.17, 15) is 4.79 Å². The molecule has 1 aromatic rings. The van der Waals surface area contributed by atoms with Gasteiger partial charge < -0.3 is 15.4 Å². The molecular weight excluding hydrogens is 264 g/mol. The standard InChI is InChI=1S/C17H26N2O2/c1-4-12(2)16(18)17(20)19(14-9-10-14)11-13-7-5-6-8-15(13)21-3/h5-8,12,14,16H,4,9-11,18H2,1-3H3/t12?,16-/m0/s1. The number of carbonyl (C=O) groups excluding carboxylic acids is 1. The molecule has 0 saturated heterocycles. The van der Waals surface area contributed by atoms with Crippen molar-refractivity contribution in [3.05, 3.63) is 29.8 Å². The van der Waals surface area contributed by atoms with Gasteiger partial charge in [-0.05, 0) is 24.8 Å². The first kappa shape index (κ1) is 15.8. The van der Waals surface area contributed by atoms with Crippen LogP contribution in [-0.2, 0) is 11.3 Å². The van der Waals surface area contributed by atoms with Gasteiger partial charge in [0.25, 0.3) is 0 Å². The van der Waals surface area contributed by atoms with E-state index in [1.165, 1.54) is 0 Å². The first-order chi connectivity index (χ1) is 10.1. The summed E-state index contributed by atoms with van der Waals surface area (Å²) in [5.74, 6) is 1.10. The Morgan fingerprint density at radius 2 is 2.10 bits per heavy atom. The molecule has 1 unspecified atom stereocenters.